The number of nitrogens with zero attached hydrogens (tertiary/aromatic N) is 3. The lowest BCUT2D eigenvalue weighted by atomic mass is 10.3. The highest BCUT2D eigenvalue weighted by Crippen LogP contribution is 2.29. The SMILES string of the molecule is c1cc(-c2nc(-c3nccs3)cs2)ccn1. The van der Waals surface area contributed by atoms with Crippen LogP contribution < -0.4 is 0 Å². The maximum atomic E-state index is 4.56. The Balaban J connectivity index is 2.00. The molecule has 3 nitrogen and oxygen atoms in total. The quantitative estimate of drug-likeness (QED) is 0.695. The Labute approximate surface area is 100 Å². The highest BCUT2D eigenvalue weighted by atomic mass is 32.1. The molecule has 78 valence electrons. The fourth-order valence-electron chi connectivity index (χ4n) is 1.35. The van der Waals surface area contributed by atoms with Crippen LogP contribution in [0.3, 0.4) is 0 Å². The Kier molecular flexibility index (Phi) is 2.47. The topological polar surface area (TPSA) is 38.7 Å². The van der Waals surface area contributed by atoms with E-state index in [4.69, 9.17) is 0 Å². The van der Waals surface area contributed by atoms with Crippen LogP contribution in [-0.2, 0) is 0 Å². The minimum Gasteiger partial charge on any atom is -0.265 e. The van der Waals surface area contributed by atoms with Crippen LogP contribution in [0.1, 0.15) is 0 Å². The van der Waals surface area contributed by atoms with Gasteiger partial charge < -0.3 is 0 Å². The van der Waals surface area contributed by atoms with Gasteiger partial charge in [-0.3, -0.25) is 4.98 Å². The van der Waals surface area contributed by atoms with Gasteiger partial charge in [0.05, 0.1) is 0 Å². The molecular formula is C11H7N3S2. The average Bonchev–Trinajstić information content (AvgIpc) is 3.01. The third-order valence-electron chi connectivity index (χ3n) is 2.08. The number of hydrogen-bond donors (Lipinski definition) is 0. The monoisotopic (exact) mass is 245 g/mol. The molecule has 0 aliphatic carbocycles. The molecule has 5 heteroatoms. The van der Waals surface area contributed by atoms with E-state index in [-0.39, 0.29) is 0 Å². The number of pyridine rings is 1. The van der Waals surface area contributed by atoms with E-state index >= 15 is 0 Å². The zero-order valence-corrected chi connectivity index (χ0v) is 9.83. The van der Waals surface area contributed by atoms with Crippen LogP contribution in [0, 0.1) is 0 Å². The molecule has 0 amide bonds. The molecule has 3 aromatic rings. The Hall–Kier alpha value is -1.59. The Morgan fingerprint density at radius 3 is 2.56 bits per heavy atom. The smallest absolute Gasteiger partial charge is 0.142 e. The first kappa shape index (κ1) is 9.62. The standard InChI is InChI=1S/C11H7N3S2/c1-3-12-4-2-8(1)10-14-9(7-16-10)11-13-5-6-15-11/h1-7H. The summed E-state index contributed by atoms with van der Waals surface area (Å²) in [5, 5.41) is 5.97. The van der Waals surface area contributed by atoms with Crippen LogP contribution in [0.15, 0.2) is 41.5 Å². The highest BCUT2D eigenvalue weighted by molar-refractivity contribution is 7.15. The van der Waals surface area contributed by atoms with Gasteiger partial charge in [0, 0.05) is 34.9 Å². The largest absolute Gasteiger partial charge is 0.265 e. The van der Waals surface area contributed by atoms with Crippen molar-refractivity contribution in [3.8, 4) is 21.3 Å². The number of thiazole rings is 2. The lowest BCUT2D eigenvalue weighted by molar-refractivity contribution is 1.31. The molecule has 0 atom stereocenters. The fourth-order valence-corrected chi connectivity index (χ4v) is 2.83. The molecule has 16 heavy (non-hydrogen) atoms. The van der Waals surface area contributed by atoms with Gasteiger partial charge in [-0.05, 0) is 12.1 Å². The second kappa shape index (κ2) is 4.11. The molecule has 0 saturated heterocycles. The fraction of sp³-hybridized carbons (Fsp3) is 0. The highest BCUT2D eigenvalue weighted by Gasteiger charge is 2.07. The van der Waals surface area contributed by atoms with Gasteiger partial charge in [0.25, 0.3) is 0 Å². The van der Waals surface area contributed by atoms with E-state index in [9.17, 15) is 0 Å². The van der Waals surface area contributed by atoms with E-state index in [1.807, 2.05) is 22.9 Å². The summed E-state index contributed by atoms with van der Waals surface area (Å²) in [6, 6.07) is 3.93. The van der Waals surface area contributed by atoms with Gasteiger partial charge in [-0.2, -0.15) is 0 Å². The van der Waals surface area contributed by atoms with E-state index < -0.39 is 0 Å². The summed E-state index contributed by atoms with van der Waals surface area (Å²) in [5.41, 5.74) is 2.05. The predicted octanol–water partition coefficient (Wildman–Crippen LogP) is 3.33. The first-order chi connectivity index (χ1) is 7.93. The maximum Gasteiger partial charge on any atom is 0.142 e. The summed E-state index contributed by atoms with van der Waals surface area (Å²) in [6.45, 7) is 0. The Morgan fingerprint density at radius 2 is 1.81 bits per heavy atom. The van der Waals surface area contributed by atoms with Gasteiger partial charge in [0.15, 0.2) is 0 Å². The molecule has 0 saturated carbocycles. The molecule has 0 unspecified atom stereocenters. The zero-order valence-electron chi connectivity index (χ0n) is 8.20. The normalized spacial score (nSPS) is 10.5. The molecule has 3 heterocycles. The minimum atomic E-state index is 0.951. The van der Waals surface area contributed by atoms with E-state index in [1.165, 1.54) is 0 Å². The van der Waals surface area contributed by atoms with E-state index in [0.29, 0.717) is 0 Å². The molecule has 0 bridgehead atoms. The molecule has 0 radical (unpaired) electrons. The van der Waals surface area contributed by atoms with Crippen LogP contribution >= 0.6 is 22.7 Å². The molecule has 0 fully saturated rings. The van der Waals surface area contributed by atoms with Crippen molar-refractivity contribution in [3.05, 3.63) is 41.5 Å². The van der Waals surface area contributed by atoms with Gasteiger partial charge in [-0.1, -0.05) is 0 Å². The third-order valence-corrected chi connectivity index (χ3v) is 3.77. The summed E-state index contributed by atoms with van der Waals surface area (Å²) >= 11 is 3.23. The maximum absolute atomic E-state index is 4.56. The van der Waals surface area contributed by atoms with Crippen molar-refractivity contribution in [2.45, 2.75) is 0 Å². The average molecular weight is 245 g/mol. The van der Waals surface area contributed by atoms with Crippen molar-refractivity contribution in [1.82, 2.24) is 15.0 Å². The van der Waals surface area contributed by atoms with Crippen molar-refractivity contribution in [2.24, 2.45) is 0 Å². The van der Waals surface area contributed by atoms with Crippen molar-refractivity contribution >= 4 is 22.7 Å². The number of aromatic nitrogens is 3. The molecule has 0 N–H and O–H groups in total. The van der Waals surface area contributed by atoms with Crippen LogP contribution in [0.5, 0.6) is 0 Å². The Morgan fingerprint density at radius 1 is 0.938 bits per heavy atom. The molecule has 0 aliphatic heterocycles. The van der Waals surface area contributed by atoms with Crippen molar-refractivity contribution in [1.29, 1.82) is 0 Å². The summed E-state index contributed by atoms with van der Waals surface area (Å²) in [6.07, 6.45) is 5.35. The molecular weight excluding hydrogens is 238 g/mol. The van der Waals surface area contributed by atoms with Crippen LogP contribution in [0.25, 0.3) is 21.3 Å². The van der Waals surface area contributed by atoms with Gasteiger partial charge in [-0.15, -0.1) is 22.7 Å². The minimum absolute atomic E-state index is 0.951. The van der Waals surface area contributed by atoms with E-state index in [1.54, 1.807) is 41.3 Å². The molecule has 3 aromatic heterocycles. The van der Waals surface area contributed by atoms with E-state index in [0.717, 1.165) is 21.3 Å². The summed E-state index contributed by atoms with van der Waals surface area (Å²) in [7, 11) is 0. The molecule has 0 aliphatic rings. The van der Waals surface area contributed by atoms with Gasteiger partial charge in [0.2, 0.25) is 0 Å². The van der Waals surface area contributed by atoms with Gasteiger partial charge in [-0.25, -0.2) is 9.97 Å². The predicted molar refractivity (Wildman–Crippen MR) is 66.5 cm³/mol. The zero-order chi connectivity index (χ0) is 10.8. The van der Waals surface area contributed by atoms with Gasteiger partial charge >= 0.3 is 0 Å². The lowest BCUT2D eigenvalue weighted by Gasteiger charge is -1.92. The molecule has 0 aromatic carbocycles. The summed E-state index contributed by atoms with van der Waals surface area (Å²) in [4.78, 5) is 12.8. The third kappa shape index (κ3) is 1.75. The summed E-state index contributed by atoms with van der Waals surface area (Å²) in [5.74, 6) is 0. The molecule has 3 rings (SSSR count). The number of rotatable bonds is 2. The van der Waals surface area contributed by atoms with Crippen molar-refractivity contribution in [2.75, 3.05) is 0 Å². The molecule has 0 spiro atoms. The second-order valence-corrected chi connectivity index (χ2v) is 4.86. The van der Waals surface area contributed by atoms with Crippen LogP contribution in [-0.4, -0.2) is 15.0 Å². The van der Waals surface area contributed by atoms with E-state index in [2.05, 4.69) is 15.0 Å². The Bertz CT molecular complexity index is 572. The first-order valence-corrected chi connectivity index (χ1v) is 6.45. The van der Waals surface area contributed by atoms with Crippen molar-refractivity contribution < 1.29 is 0 Å². The van der Waals surface area contributed by atoms with Crippen LogP contribution in [0.4, 0.5) is 0 Å². The number of hydrogen-bond acceptors (Lipinski definition) is 5. The van der Waals surface area contributed by atoms with Crippen LogP contribution in [0.2, 0.25) is 0 Å². The van der Waals surface area contributed by atoms with Crippen molar-refractivity contribution in [3.63, 3.8) is 0 Å². The first-order valence-electron chi connectivity index (χ1n) is 4.69. The van der Waals surface area contributed by atoms with Gasteiger partial charge in [0.1, 0.15) is 15.7 Å². The second-order valence-electron chi connectivity index (χ2n) is 3.11. The summed E-state index contributed by atoms with van der Waals surface area (Å²) < 4.78 is 0. The lowest BCUT2D eigenvalue weighted by Crippen LogP contribution is -1.78.